The Balaban J connectivity index is 1.52. The summed E-state index contributed by atoms with van der Waals surface area (Å²) >= 11 is 0. The molecular formula is C25H17F3N2O4S. The van der Waals surface area contributed by atoms with E-state index in [1.54, 1.807) is 48.5 Å². The zero-order chi connectivity index (χ0) is 25.0. The van der Waals surface area contributed by atoms with Crippen LogP contribution in [0.2, 0.25) is 0 Å². The molecule has 1 unspecified atom stereocenters. The molecule has 4 aromatic rings. The summed E-state index contributed by atoms with van der Waals surface area (Å²) in [6.07, 6.45) is -4.47. The van der Waals surface area contributed by atoms with Gasteiger partial charge < -0.3 is 4.74 Å². The zero-order valence-corrected chi connectivity index (χ0v) is 19.0. The minimum absolute atomic E-state index is 0.0394. The van der Waals surface area contributed by atoms with Gasteiger partial charge in [-0.25, -0.2) is 13.1 Å². The van der Waals surface area contributed by atoms with Crippen molar-refractivity contribution >= 4 is 15.6 Å². The van der Waals surface area contributed by atoms with Crippen molar-refractivity contribution in [1.29, 1.82) is 0 Å². The van der Waals surface area contributed by atoms with Crippen LogP contribution in [0.3, 0.4) is 0 Å². The third kappa shape index (κ3) is 4.21. The maximum absolute atomic E-state index is 13.5. The lowest BCUT2D eigenvalue weighted by Gasteiger charge is -2.12. The van der Waals surface area contributed by atoms with Crippen LogP contribution >= 0.6 is 0 Å². The van der Waals surface area contributed by atoms with Crippen molar-refractivity contribution in [1.82, 2.24) is 9.78 Å². The molecule has 1 aliphatic heterocycles. The predicted octanol–water partition coefficient (Wildman–Crippen LogP) is 5.28. The highest BCUT2D eigenvalue weighted by molar-refractivity contribution is 7.90. The number of carbonyl (C=O) groups excluding carboxylic acids is 1. The quantitative estimate of drug-likeness (QED) is 0.383. The molecule has 10 heteroatoms. The number of Topliss-reactive ketones (excluding diaryl/α,β-unsaturated/α-hetero) is 1. The van der Waals surface area contributed by atoms with Crippen LogP contribution in [0.4, 0.5) is 13.2 Å². The number of hydrogen-bond donors (Lipinski definition) is 0. The lowest BCUT2D eigenvalue weighted by molar-refractivity contribution is -0.141. The molecule has 3 aromatic carbocycles. The number of para-hydroxylation sites is 1. The molecule has 0 fully saturated rings. The fourth-order valence-corrected chi connectivity index (χ4v) is 4.53. The predicted molar refractivity (Wildman–Crippen MR) is 121 cm³/mol. The second-order valence-electron chi connectivity index (χ2n) is 8.07. The van der Waals surface area contributed by atoms with Gasteiger partial charge in [-0.1, -0.05) is 36.4 Å². The number of benzene rings is 3. The molecule has 2 heterocycles. The first-order valence-electron chi connectivity index (χ1n) is 10.4. The fourth-order valence-electron chi connectivity index (χ4n) is 3.90. The lowest BCUT2D eigenvalue weighted by Crippen LogP contribution is -2.10. The number of halogens is 3. The largest absolute Gasteiger partial charge is 0.477 e. The summed E-state index contributed by atoms with van der Waals surface area (Å²) in [6.45, 7) is 0. The van der Waals surface area contributed by atoms with E-state index in [-0.39, 0.29) is 22.1 Å². The molecule has 1 aromatic heterocycles. The first-order chi connectivity index (χ1) is 16.5. The van der Waals surface area contributed by atoms with Crippen LogP contribution in [0.25, 0.3) is 16.9 Å². The molecule has 0 saturated carbocycles. The summed E-state index contributed by atoms with van der Waals surface area (Å²) in [5.41, 5.74) is 0.789. The van der Waals surface area contributed by atoms with Crippen LogP contribution in [0, 0.1) is 0 Å². The number of sulfone groups is 1. The number of hydrogen-bond acceptors (Lipinski definition) is 5. The Hall–Kier alpha value is -3.92. The normalized spacial score (nSPS) is 15.7. The highest BCUT2D eigenvalue weighted by Gasteiger charge is 2.36. The summed E-state index contributed by atoms with van der Waals surface area (Å²) in [5.74, 6) is 0.292. The standard InChI is InChI=1S/C25H17F3N2O4S/c1-35(32,33)18-12-10-17(11-13-18)30-20(14-22(29-30)25(26,27)28)15-6-8-16(9-7-15)24-23(31)19-4-2-3-5-21(19)34-24/h2-14,24H,1H3. The summed E-state index contributed by atoms with van der Waals surface area (Å²) in [6, 6.07) is 19.7. The first-order valence-corrected chi connectivity index (χ1v) is 12.3. The average Bonchev–Trinajstić information content (AvgIpc) is 3.41. The van der Waals surface area contributed by atoms with Gasteiger partial charge in [-0.05, 0) is 42.5 Å². The van der Waals surface area contributed by atoms with Crippen LogP contribution in [-0.2, 0) is 16.0 Å². The van der Waals surface area contributed by atoms with Crippen molar-refractivity contribution in [3.05, 3.63) is 95.7 Å². The highest BCUT2D eigenvalue weighted by Crippen LogP contribution is 2.38. The van der Waals surface area contributed by atoms with E-state index in [0.29, 0.717) is 22.4 Å². The maximum Gasteiger partial charge on any atom is 0.435 e. The zero-order valence-electron chi connectivity index (χ0n) is 18.2. The number of ether oxygens (including phenoxy) is 1. The molecule has 0 N–H and O–H groups in total. The topological polar surface area (TPSA) is 78.3 Å². The average molecular weight is 498 g/mol. The van der Waals surface area contributed by atoms with E-state index < -0.39 is 27.8 Å². The number of ketones is 1. The number of nitrogens with zero attached hydrogens (tertiary/aromatic N) is 2. The second kappa shape index (κ2) is 8.09. The monoisotopic (exact) mass is 498 g/mol. The first kappa shape index (κ1) is 22.9. The SMILES string of the molecule is CS(=O)(=O)c1ccc(-n2nc(C(F)(F)F)cc2-c2ccc(C3Oc4ccccc4C3=O)cc2)cc1. The lowest BCUT2D eigenvalue weighted by atomic mass is 10.0. The third-order valence-corrected chi connectivity index (χ3v) is 6.78. The summed E-state index contributed by atoms with van der Waals surface area (Å²) in [7, 11) is -3.47. The van der Waals surface area contributed by atoms with E-state index in [0.717, 1.165) is 17.0 Å². The van der Waals surface area contributed by atoms with Crippen molar-refractivity contribution in [2.24, 2.45) is 0 Å². The summed E-state index contributed by atoms with van der Waals surface area (Å²) in [4.78, 5) is 12.7. The van der Waals surface area contributed by atoms with Gasteiger partial charge >= 0.3 is 6.18 Å². The van der Waals surface area contributed by atoms with E-state index in [9.17, 15) is 26.4 Å². The molecular weight excluding hydrogens is 481 g/mol. The highest BCUT2D eigenvalue weighted by atomic mass is 32.2. The minimum atomic E-state index is -4.68. The van der Waals surface area contributed by atoms with Crippen molar-refractivity contribution in [3.63, 3.8) is 0 Å². The molecule has 0 saturated heterocycles. The molecule has 35 heavy (non-hydrogen) atoms. The van der Waals surface area contributed by atoms with Gasteiger partial charge in [0.05, 0.1) is 21.8 Å². The molecule has 6 nitrogen and oxygen atoms in total. The van der Waals surface area contributed by atoms with E-state index in [2.05, 4.69) is 5.10 Å². The van der Waals surface area contributed by atoms with Gasteiger partial charge in [0.25, 0.3) is 0 Å². The fraction of sp³-hybridized carbons (Fsp3) is 0.120. The molecule has 1 aliphatic rings. The van der Waals surface area contributed by atoms with Crippen LogP contribution in [-0.4, -0.2) is 30.2 Å². The van der Waals surface area contributed by atoms with Gasteiger partial charge in [0.2, 0.25) is 5.78 Å². The number of aromatic nitrogens is 2. The Morgan fingerprint density at radius 3 is 2.20 bits per heavy atom. The van der Waals surface area contributed by atoms with Gasteiger partial charge in [-0.15, -0.1) is 0 Å². The number of carbonyl (C=O) groups is 1. The minimum Gasteiger partial charge on any atom is -0.477 e. The van der Waals surface area contributed by atoms with Crippen LogP contribution in [0.5, 0.6) is 5.75 Å². The Bertz CT molecular complexity index is 1540. The van der Waals surface area contributed by atoms with Gasteiger partial charge in [-0.2, -0.15) is 18.3 Å². The molecule has 0 amide bonds. The van der Waals surface area contributed by atoms with Gasteiger partial charge in [0, 0.05) is 17.4 Å². The Morgan fingerprint density at radius 1 is 0.943 bits per heavy atom. The molecule has 0 radical (unpaired) electrons. The van der Waals surface area contributed by atoms with Crippen molar-refractivity contribution in [2.75, 3.05) is 6.26 Å². The van der Waals surface area contributed by atoms with E-state index in [1.807, 2.05) is 0 Å². The maximum atomic E-state index is 13.5. The van der Waals surface area contributed by atoms with Gasteiger partial charge in [0.1, 0.15) is 5.75 Å². The molecule has 0 bridgehead atoms. The molecule has 1 atom stereocenters. The third-order valence-electron chi connectivity index (χ3n) is 5.65. The molecule has 0 spiro atoms. The number of alkyl halides is 3. The summed E-state index contributed by atoms with van der Waals surface area (Å²) in [5, 5.41) is 3.72. The van der Waals surface area contributed by atoms with Crippen molar-refractivity contribution in [3.8, 4) is 22.7 Å². The van der Waals surface area contributed by atoms with E-state index >= 15 is 0 Å². The molecule has 178 valence electrons. The summed E-state index contributed by atoms with van der Waals surface area (Å²) < 4.78 is 70.7. The Labute approximate surface area is 198 Å². The Morgan fingerprint density at radius 2 is 1.60 bits per heavy atom. The van der Waals surface area contributed by atoms with Crippen molar-refractivity contribution < 1.29 is 31.1 Å². The van der Waals surface area contributed by atoms with Crippen LogP contribution in [0.1, 0.15) is 27.7 Å². The van der Waals surface area contributed by atoms with Gasteiger partial charge in [0.15, 0.2) is 21.6 Å². The van der Waals surface area contributed by atoms with Gasteiger partial charge in [-0.3, -0.25) is 4.79 Å². The van der Waals surface area contributed by atoms with Crippen LogP contribution < -0.4 is 4.74 Å². The van der Waals surface area contributed by atoms with E-state index in [4.69, 9.17) is 4.74 Å². The van der Waals surface area contributed by atoms with E-state index in [1.165, 1.54) is 24.3 Å². The van der Waals surface area contributed by atoms with Crippen molar-refractivity contribution in [2.45, 2.75) is 17.2 Å². The molecule has 5 rings (SSSR count). The number of rotatable bonds is 4. The smallest absolute Gasteiger partial charge is 0.435 e. The molecule has 0 aliphatic carbocycles. The Kier molecular flexibility index (Phi) is 5.28. The second-order valence-corrected chi connectivity index (χ2v) is 10.1. The number of fused-ring (bicyclic) bond motifs is 1. The van der Waals surface area contributed by atoms with Crippen LogP contribution in [0.15, 0.2) is 83.8 Å².